The Morgan fingerprint density at radius 2 is 2.00 bits per heavy atom. The van der Waals surface area contributed by atoms with Crippen molar-refractivity contribution in [3.8, 4) is 11.3 Å². The van der Waals surface area contributed by atoms with Gasteiger partial charge >= 0.3 is 6.09 Å². The summed E-state index contributed by atoms with van der Waals surface area (Å²) in [6.07, 6.45) is 5.22. The lowest BCUT2D eigenvalue weighted by atomic mass is 9.91. The summed E-state index contributed by atoms with van der Waals surface area (Å²) >= 11 is 0. The van der Waals surface area contributed by atoms with Gasteiger partial charge in [-0.05, 0) is 70.6 Å². The van der Waals surface area contributed by atoms with E-state index in [0.717, 1.165) is 61.1 Å². The van der Waals surface area contributed by atoms with E-state index >= 15 is 0 Å². The molecule has 3 heterocycles. The minimum Gasteiger partial charge on any atom is -0.444 e. The normalized spacial score (nSPS) is 15.3. The molecule has 2 aromatic heterocycles. The van der Waals surface area contributed by atoms with E-state index in [0.29, 0.717) is 17.1 Å². The second-order valence-electron chi connectivity index (χ2n) is 9.42. The molecule has 0 radical (unpaired) electrons. The molecule has 0 spiro atoms. The van der Waals surface area contributed by atoms with Crippen LogP contribution in [0.4, 0.5) is 4.79 Å². The number of carbonyl (C=O) groups excluding carboxylic acids is 1. The number of rotatable bonds is 5. The number of ether oxygens (including phenoxy) is 1. The molecular formula is C25H31N3O4. The topological polar surface area (TPSA) is 88.7 Å². The Hall–Kier alpha value is -2.93. The van der Waals surface area contributed by atoms with Crippen LogP contribution in [0.2, 0.25) is 0 Å². The van der Waals surface area contributed by atoms with Gasteiger partial charge in [0.25, 0.3) is 0 Å². The molecule has 3 aromatic rings. The van der Waals surface area contributed by atoms with Crippen molar-refractivity contribution in [3.05, 3.63) is 47.8 Å². The minimum atomic E-state index is -0.466. The number of benzene rings is 1. The largest absolute Gasteiger partial charge is 0.444 e. The average Bonchev–Trinajstić information content (AvgIpc) is 3.20. The van der Waals surface area contributed by atoms with Crippen molar-refractivity contribution in [1.82, 2.24) is 15.0 Å². The SMILES string of the molecule is CC(C)(C)OC(=O)N1CCC(CCc2noc3c(CO)c(-c4ccccn4)ccc23)CC1. The van der Waals surface area contributed by atoms with Crippen molar-refractivity contribution < 1.29 is 19.2 Å². The second kappa shape index (κ2) is 9.28. The van der Waals surface area contributed by atoms with Crippen LogP contribution in [-0.2, 0) is 17.8 Å². The molecule has 7 nitrogen and oxygen atoms in total. The lowest BCUT2D eigenvalue weighted by Crippen LogP contribution is -2.41. The van der Waals surface area contributed by atoms with Crippen LogP contribution < -0.4 is 0 Å². The van der Waals surface area contributed by atoms with Crippen LogP contribution in [0.1, 0.15) is 51.3 Å². The molecule has 1 aromatic carbocycles. The maximum Gasteiger partial charge on any atom is 0.410 e. The van der Waals surface area contributed by atoms with Crippen molar-refractivity contribution in [1.29, 1.82) is 0 Å². The van der Waals surface area contributed by atoms with E-state index in [4.69, 9.17) is 9.26 Å². The highest BCUT2D eigenvalue weighted by molar-refractivity contribution is 5.88. The quantitative estimate of drug-likeness (QED) is 0.607. The third kappa shape index (κ3) is 4.93. The fraction of sp³-hybridized carbons (Fsp3) is 0.480. The number of carbonyl (C=O) groups is 1. The van der Waals surface area contributed by atoms with Gasteiger partial charge in [0.1, 0.15) is 5.60 Å². The number of aliphatic hydroxyl groups is 1. The van der Waals surface area contributed by atoms with Crippen LogP contribution >= 0.6 is 0 Å². The number of nitrogens with zero attached hydrogens (tertiary/aromatic N) is 3. The van der Waals surface area contributed by atoms with Crippen molar-refractivity contribution in [2.45, 2.75) is 58.7 Å². The van der Waals surface area contributed by atoms with E-state index in [1.54, 1.807) is 11.1 Å². The Morgan fingerprint density at radius 3 is 2.66 bits per heavy atom. The highest BCUT2D eigenvalue weighted by Crippen LogP contribution is 2.32. The third-order valence-corrected chi connectivity index (χ3v) is 5.97. The first-order valence-electron chi connectivity index (χ1n) is 11.3. The Balaban J connectivity index is 1.40. The number of fused-ring (bicyclic) bond motifs is 1. The van der Waals surface area contributed by atoms with E-state index in [1.807, 2.05) is 51.1 Å². The van der Waals surface area contributed by atoms with Crippen LogP contribution in [0.15, 0.2) is 41.1 Å². The summed E-state index contributed by atoms with van der Waals surface area (Å²) in [5, 5.41) is 15.3. The summed E-state index contributed by atoms with van der Waals surface area (Å²) in [6.45, 7) is 6.98. The number of pyridine rings is 1. The van der Waals surface area contributed by atoms with Crippen LogP contribution in [0.5, 0.6) is 0 Å². The molecular weight excluding hydrogens is 406 g/mol. The monoisotopic (exact) mass is 437 g/mol. The van der Waals surface area contributed by atoms with E-state index < -0.39 is 5.60 Å². The molecule has 0 saturated carbocycles. The minimum absolute atomic E-state index is 0.138. The van der Waals surface area contributed by atoms with Crippen molar-refractivity contribution in [3.63, 3.8) is 0 Å². The smallest absolute Gasteiger partial charge is 0.410 e. The molecule has 170 valence electrons. The number of hydrogen-bond donors (Lipinski definition) is 1. The fourth-order valence-electron chi connectivity index (χ4n) is 4.28. The summed E-state index contributed by atoms with van der Waals surface area (Å²) in [5.74, 6) is 0.533. The van der Waals surface area contributed by atoms with Gasteiger partial charge in [0.2, 0.25) is 0 Å². The first-order valence-corrected chi connectivity index (χ1v) is 11.3. The van der Waals surface area contributed by atoms with Crippen LogP contribution in [0.3, 0.4) is 0 Å². The first kappa shape index (κ1) is 22.3. The Bertz CT molecular complexity index is 1060. The van der Waals surface area contributed by atoms with Crippen LogP contribution in [-0.4, -0.2) is 44.9 Å². The zero-order valence-electron chi connectivity index (χ0n) is 19.0. The van der Waals surface area contributed by atoms with Gasteiger partial charge in [0.15, 0.2) is 5.58 Å². The van der Waals surface area contributed by atoms with E-state index in [2.05, 4.69) is 10.1 Å². The van der Waals surface area contributed by atoms with Crippen LogP contribution in [0, 0.1) is 5.92 Å². The molecule has 0 atom stereocenters. The number of aryl methyl sites for hydroxylation is 1. The fourth-order valence-corrected chi connectivity index (χ4v) is 4.28. The molecule has 1 saturated heterocycles. The first-order chi connectivity index (χ1) is 15.4. The van der Waals surface area contributed by atoms with Crippen LogP contribution in [0.25, 0.3) is 22.2 Å². The molecule has 1 aliphatic heterocycles. The predicted octanol–water partition coefficient (Wildman–Crippen LogP) is 4.96. The zero-order valence-corrected chi connectivity index (χ0v) is 19.0. The second-order valence-corrected chi connectivity index (χ2v) is 9.42. The standard InChI is InChI=1S/C25H31N3O4/c1-25(2,3)31-24(30)28-14-11-17(12-15-28)7-10-22-19-9-8-18(21-6-4-5-13-26-21)20(16-29)23(19)32-27-22/h4-6,8-9,13,17,29H,7,10-12,14-16H2,1-3H3. The third-order valence-electron chi connectivity index (χ3n) is 5.97. The highest BCUT2D eigenvalue weighted by Gasteiger charge is 2.27. The maximum atomic E-state index is 12.3. The van der Waals surface area contributed by atoms with Crippen molar-refractivity contribution in [2.24, 2.45) is 5.92 Å². The number of piperidine rings is 1. The summed E-state index contributed by atoms with van der Waals surface area (Å²) in [7, 11) is 0. The molecule has 1 aliphatic rings. The average molecular weight is 438 g/mol. The summed E-state index contributed by atoms with van der Waals surface area (Å²) in [5.41, 5.74) is 3.45. The van der Waals surface area contributed by atoms with E-state index in [1.165, 1.54) is 0 Å². The van der Waals surface area contributed by atoms with E-state index in [9.17, 15) is 9.90 Å². The molecule has 0 unspecified atom stereocenters. The molecule has 1 amide bonds. The number of aliphatic hydroxyl groups excluding tert-OH is 1. The molecule has 7 heteroatoms. The lowest BCUT2D eigenvalue weighted by molar-refractivity contribution is 0.0181. The van der Waals surface area contributed by atoms with Gasteiger partial charge in [-0.15, -0.1) is 0 Å². The van der Waals surface area contributed by atoms with Crippen molar-refractivity contribution in [2.75, 3.05) is 13.1 Å². The summed E-state index contributed by atoms with van der Waals surface area (Å²) in [6, 6.07) is 9.70. The Morgan fingerprint density at radius 1 is 1.22 bits per heavy atom. The Kier molecular flexibility index (Phi) is 6.46. The molecule has 4 rings (SSSR count). The van der Waals surface area contributed by atoms with Gasteiger partial charge in [-0.2, -0.15) is 0 Å². The lowest BCUT2D eigenvalue weighted by Gasteiger charge is -2.33. The molecule has 0 bridgehead atoms. The zero-order chi connectivity index (χ0) is 22.7. The van der Waals surface area contributed by atoms with Gasteiger partial charge in [0.05, 0.1) is 18.0 Å². The molecule has 1 N–H and O–H groups in total. The van der Waals surface area contributed by atoms with Crippen molar-refractivity contribution >= 4 is 17.1 Å². The number of aromatic nitrogens is 2. The Labute approximate surface area is 188 Å². The highest BCUT2D eigenvalue weighted by atomic mass is 16.6. The molecule has 1 fully saturated rings. The van der Waals surface area contributed by atoms with Gasteiger partial charge in [-0.25, -0.2) is 4.79 Å². The number of hydrogen-bond acceptors (Lipinski definition) is 6. The van der Waals surface area contributed by atoms with Gasteiger partial charge < -0.3 is 19.3 Å². The molecule has 0 aliphatic carbocycles. The van der Waals surface area contributed by atoms with Gasteiger partial charge in [-0.3, -0.25) is 4.98 Å². The molecule has 32 heavy (non-hydrogen) atoms. The predicted molar refractivity (Wildman–Crippen MR) is 122 cm³/mol. The van der Waals surface area contributed by atoms with Gasteiger partial charge in [-0.1, -0.05) is 17.3 Å². The maximum absolute atomic E-state index is 12.3. The summed E-state index contributed by atoms with van der Waals surface area (Å²) < 4.78 is 11.1. The number of likely N-dealkylation sites (tertiary alicyclic amines) is 1. The summed E-state index contributed by atoms with van der Waals surface area (Å²) in [4.78, 5) is 18.5. The van der Waals surface area contributed by atoms with Gasteiger partial charge in [0, 0.05) is 35.8 Å². The van der Waals surface area contributed by atoms with E-state index in [-0.39, 0.29) is 12.7 Å². The number of amides is 1.